The van der Waals surface area contributed by atoms with Gasteiger partial charge in [-0.3, -0.25) is 4.79 Å². The van der Waals surface area contributed by atoms with Gasteiger partial charge in [-0.1, -0.05) is 29.3 Å². The fourth-order valence-corrected chi connectivity index (χ4v) is 2.07. The van der Waals surface area contributed by atoms with E-state index >= 15 is 0 Å². The highest BCUT2D eigenvalue weighted by Gasteiger charge is 2.52. The van der Waals surface area contributed by atoms with E-state index in [2.05, 4.69) is 0 Å². The van der Waals surface area contributed by atoms with E-state index in [1.54, 1.807) is 5.32 Å². The second-order valence-electron chi connectivity index (χ2n) is 4.51. The fourth-order valence-electron chi connectivity index (χ4n) is 1.46. The molecule has 3 N–H and O–H groups in total. The quantitative estimate of drug-likeness (QED) is 0.536. The molecule has 1 amide bonds. The van der Waals surface area contributed by atoms with Crippen molar-refractivity contribution < 1.29 is 27.6 Å². The summed E-state index contributed by atoms with van der Waals surface area (Å²) < 4.78 is 51.6. The van der Waals surface area contributed by atoms with Gasteiger partial charge >= 0.3 is 11.8 Å². The third kappa shape index (κ3) is 4.22. The molecule has 0 bridgehead atoms. The van der Waals surface area contributed by atoms with Gasteiger partial charge in [-0.15, -0.1) is 0 Å². The lowest BCUT2D eigenvalue weighted by molar-refractivity contribution is -0.192. The minimum Gasteiger partial charge on any atom is -0.346 e. The summed E-state index contributed by atoms with van der Waals surface area (Å²) in [5.41, 5.74) is 1.74. The summed E-state index contributed by atoms with van der Waals surface area (Å²) in [7, 11) is 0. The van der Waals surface area contributed by atoms with Gasteiger partial charge < -0.3 is 10.5 Å². The predicted molar refractivity (Wildman–Crippen MR) is 73.0 cm³/mol. The van der Waals surface area contributed by atoms with E-state index < -0.39 is 24.3 Å². The van der Waals surface area contributed by atoms with Gasteiger partial charge in [-0.05, 0) is 11.6 Å². The van der Waals surface area contributed by atoms with Gasteiger partial charge in [0, 0.05) is 13.5 Å². The first-order valence-electron chi connectivity index (χ1n) is 5.89. The molecule has 0 aliphatic rings. The molecule has 0 heterocycles. The van der Waals surface area contributed by atoms with Crippen molar-refractivity contribution >= 4 is 29.1 Å². The summed E-state index contributed by atoms with van der Waals surface area (Å²) in [5.74, 6) is -9.85. The molecule has 0 aromatic heterocycles. The standard InChI is InChI=1S/C12H12Cl2F4N2O2/c1-11(15,16)12(17,18)5-19-10(21)8-7(13)3-2-6(4-20-22)9(8)14/h2-3,20,22H,4-5H2,1H3,(H,19,21). The molecule has 1 aromatic rings. The summed E-state index contributed by atoms with van der Waals surface area (Å²) in [5, 5.41) is 9.97. The number of amides is 1. The number of hydroxylamine groups is 1. The van der Waals surface area contributed by atoms with E-state index in [0.29, 0.717) is 0 Å². The molecular weight excluding hydrogens is 351 g/mol. The lowest BCUT2D eigenvalue weighted by atomic mass is 10.1. The second-order valence-corrected chi connectivity index (χ2v) is 5.29. The van der Waals surface area contributed by atoms with Crippen LogP contribution in [0.1, 0.15) is 22.8 Å². The average molecular weight is 363 g/mol. The van der Waals surface area contributed by atoms with Crippen molar-refractivity contribution in [3.8, 4) is 0 Å². The molecule has 1 rings (SSSR count). The Bertz CT molecular complexity index is 565. The maximum atomic E-state index is 13.1. The number of rotatable bonds is 6. The van der Waals surface area contributed by atoms with Crippen LogP contribution in [-0.2, 0) is 6.54 Å². The van der Waals surface area contributed by atoms with Crippen molar-refractivity contribution in [1.82, 2.24) is 10.8 Å². The van der Waals surface area contributed by atoms with E-state index in [-0.39, 0.29) is 34.6 Å². The van der Waals surface area contributed by atoms with Crippen LogP contribution in [0, 0.1) is 0 Å². The summed E-state index contributed by atoms with van der Waals surface area (Å²) in [6.07, 6.45) is 0. The largest absolute Gasteiger partial charge is 0.346 e. The van der Waals surface area contributed by atoms with Crippen molar-refractivity contribution in [2.24, 2.45) is 0 Å². The summed E-state index contributed by atoms with van der Waals surface area (Å²) in [6, 6.07) is 2.67. The highest BCUT2D eigenvalue weighted by molar-refractivity contribution is 6.40. The van der Waals surface area contributed by atoms with Crippen LogP contribution in [-0.4, -0.2) is 29.5 Å². The SMILES string of the molecule is CC(F)(F)C(F)(F)CNC(=O)c1c(Cl)ccc(CNO)c1Cl. The number of carbonyl (C=O) groups excluding carboxylic acids is 1. The van der Waals surface area contributed by atoms with Crippen LogP contribution in [0.2, 0.25) is 10.0 Å². The number of carbonyl (C=O) groups is 1. The highest BCUT2D eigenvalue weighted by atomic mass is 35.5. The molecule has 4 nitrogen and oxygen atoms in total. The number of benzene rings is 1. The molecule has 0 unspecified atom stereocenters. The van der Waals surface area contributed by atoms with E-state index in [1.807, 2.05) is 5.48 Å². The Labute approximate surface area is 133 Å². The molecule has 1 aromatic carbocycles. The zero-order valence-corrected chi connectivity index (χ0v) is 12.7. The Morgan fingerprint density at radius 2 is 1.86 bits per heavy atom. The van der Waals surface area contributed by atoms with Crippen LogP contribution in [0.25, 0.3) is 0 Å². The van der Waals surface area contributed by atoms with Crippen molar-refractivity contribution in [2.75, 3.05) is 6.54 Å². The number of alkyl halides is 4. The number of hydrogen-bond donors (Lipinski definition) is 3. The monoisotopic (exact) mass is 362 g/mol. The van der Waals surface area contributed by atoms with Gasteiger partial charge in [-0.25, -0.2) is 14.3 Å². The van der Waals surface area contributed by atoms with Crippen LogP contribution < -0.4 is 10.8 Å². The van der Waals surface area contributed by atoms with E-state index in [9.17, 15) is 22.4 Å². The lowest BCUT2D eigenvalue weighted by Crippen LogP contribution is -2.47. The van der Waals surface area contributed by atoms with Crippen LogP contribution in [0.5, 0.6) is 0 Å². The molecule has 124 valence electrons. The van der Waals surface area contributed by atoms with Crippen molar-refractivity contribution in [3.63, 3.8) is 0 Å². The van der Waals surface area contributed by atoms with Crippen molar-refractivity contribution in [2.45, 2.75) is 25.3 Å². The average Bonchev–Trinajstić information content (AvgIpc) is 2.39. The van der Waals surface area contributed by atoms with Crippen molar-refractivity contribution in [3.05, 3.63) is 33.3 Å². The number of nitrogens with one attached hydrogen (secondary N) is 2. The molecule has 0 saturated heterocycles. The van der Waals surface area contributed by atoms with E-state index in [0.717, 1.165) is 0 Å². The summed E-state index contributed by atoms with van der Waals surface area (Å²) in [4.78, 5) is 11.9. The number of hydrogen-bond acceptors (Lipinski definition) is 3. The molecule has 0 aliphatic heterocycles. The molecule has 0 fully saturated rings. The van der Waals surface area contributed by atoms with Gasteiger partial charge in [0.05, 0.1) is 22.2 Å². The summed E-state index contributed by atoms with van der Waals surface area (Å²) in [6.45, 7) is -1.66. The predicted octanol–water partition coefficient (Wildman–Crippen LogP) is 3.49. The molecule has 0 saturated carbocycles. The van der Waals surface area contributed by atoms with Gasteiger partial charge in [0.25, 0.3) is 5.91 Å². The van der Waals surface area contributed by atoms with Crippen LogP contribution in [0.3, 0.4) is 0 Å². The first kappa shape index (κ1) is 19.0. The van der Waals surface area contributed by atoms with E-state index in [1.165, 1.54) is 12.1 Å². The maximum absolute atomic E-state index is 13.1. The minimum atomic E-state index is -4.42. The van der Waals surface area contributed by atoms with Crippen LogP contribution in [0.15, 0.2) is 12.1 Å². The Hall–Kier alpha value is -1.09. The van der Waals surface area contributed by atoms with Crippen LogP contribution in [0.4, 0.5) is 17.6 Å². The van der Waals surface area contributed by atoms with E-state index in [4.69, 9.17) is 28.4 Å². The number of halogens is 6. The Morgan fingerprint density at radius 3 is 2.36 bits per heavy atom. The van der Waals surface area contributed by atoms with Crippen LogP contribution >= 0.6 is 23.2 Å². The highest BCUT2D eigenvalue weighted by Crippen LogP contribution is 2.33. The van der Waals surface area contributed by atoms with Gasteiger partial charge in [0.1, 0.15) is 0 Å². The third-order valence-electron chi connectivity index (χ3n) is 2.78. The van der Waals surface area contributed by atoms with Gasteiger partial charge in [0.2, 0.25) is 0 Å². The Kier molecular flexibility index (Phi) is 6.03. The molecule has 10 heteroatoms. The zero-order chi connectivity index (χ0) is 17.1. The topological polar surface area (TPSA) is 61.4 Å². The third-order valence-corrected chi connectivity index (χ3v) is 3.53. The van der Waals surface area contributed by atoms with Gasteiger partial charge in [-0.2, -0.15) is 8.78 Å². The van der Waals surface area contributed by atoms with Crippen molar-refractivity contribution in [1.29, 1.82) is 0 Å². The first-order chi connectivity index (χ1) is 10.0. The second kappa shape index (κ2) is 6.99. The fraction of sp³-hybridized carbons (Fsp3) is 0.417. The Morgan fingerprint density at radius 1 is 1.27 bits per heavy atom. The molecule has 0 aliphatic carbocycles. The molecular formula is C12H12Cl2F4N2O2. The zero-order valence-electron chi connectivity index (χ0n) is 11.2. The summed E-state index contributed by atoms with van der Waals surface area (Å²) >= 11 is 11.7. The first-order valence-corrected chi connectivity index (χ1v) is 6.64. The maximum Gasteiger partial charge on any atom is 0.326 e. The lowest BCUT2D eigenvalue weighted by Gasteiger charge is -2.23. The van der Waals surface area contributed by atoms with Gasteiger partial charge in [0.15, 0.2) is 0 Å². The normalized spacial score (nSPS) is 12.4. The molecule has 0 spiro atoms. The molecule has 0 atom stereocenters. The minimum absolute atomic E-state index is 0.0483. The smallest absolute Gasteiger partial charge is 0.326 e. The molecule has 22 heavy (non-hydrogen) atoms. The molecule has 0 radical (unpaired) electrons. The Balaban J connectivity index is 2.97.